The largest absolute Gasteiger partial charge is 0.493 e. The zero-order valence-corrected chi connectivity index (χ0v) is 21.5. The van der Waals surface area contributed by atoms with Crippen molar-refractivity contribution >= 4 is 17.4 Å². The Morgan fingerprint density at radius 1 is 1.05 bits per heavy atom. The maximum Gasteiger partial charge on any atom is 0.255 e. The highest BCUT2D eigenvalue weighted by Crippen LogP contribution is 2.48. The van der Waals surface area contributed by atoms with E-state index >= 15 is 0 Å². The number of hydrogen-bond acceptors (Lipinski definition) is 7. The first kappa shape index (κ1) is 24.7. The summed E-state index contributed by atoms with van der Waals surface area (Å²) < 4.78 is 17.8. The molecule has 2 aromatic rings. The molecule has 1 aromatic carbocycles. The van der Waals surface area contributed by atoms with Gasteiger partial charge in [0.25, 0.3) is 5.91 Å². The normalized spacial score (nSPS) is 23.9. The molecule has 202 valence electrons. The second kappa shape index (κ2) is 10.2. The van der Waals surface area contributed by atoms with Crippen LogP contribution in [0.4, 0.5) is 0 Å². The van der Waals surface area contributed by atoms with Crippen molar-refractivity contribution in [2.75, 3.05) is 20.0 Å². The van der Waals surface area contributed by atoms with Crippen LogP contribution in [0.25, 0.3) is 5.57 Å². The second-order valence-corrected chi connectivity index (χ2v) is 10.6. The van der Waals surface area contributed by atoms with Gasteiger partial charge in [-0.3, -0.25) is 9.59 Å². The molecule has 0 spiro atoms. The van der Waals surface area contributed by atoms with Crippen molar-refractivity contribution in [3.05, 3.63) is 46.9 Å². The summed E-state index contributed by atoms with van der Waals surface area (Å²) in [7, 11) is 0. The van der Waals surface area contributed by atoms with Crippen LogP contribution in [0, 0.1) is 5.92 Å². The van der Waals surface area contributed by atoms with Crippen LogP contribution < -0.4 is 30.2 Å². The van der Waals surface area contributed by atoms with Gasteiger partial charge in [0.05, 0.1) is 29.5 Å². The van der Waals surface area contributed by atoms with E-state index in [4.69, 9.17) is 19.3 Å². The van der Waals surface area contributed by atoms with Crippen LogP contribution in [0.2, 0.25) is 0 Å². The number of carbonyl (C=O) groups excluding carboxylic acids is 2. The fraction of sp³-hybridized carbons (Fsp3) is 0.500. The predicted octanol–water partition coefficient (Wildman–Crippen LogP) is 2.49. The van der Waals surface area contributed by atoms with Gasteiger partial charge < -0.3 is 40.3 Å². The molecule has 2 amide bonds. The summed E-state index contributed by atoms with van der Waals surface area (Å²) >= 11 is 0. The number of amides is 2. The molecule has 0 radical (unpaired) electrons. The Labute approximate surface area is 221 Å². The number of benzene rings is 1. The van der Waals surface area contributed by atoms with E-state index in [0.717, 1.165) is 54.0 Å². The quantitative estimate of drug-likeness (QED) is 0.360. The number of aromatic amines is 1. The number of aliphatic hydroxyl groups is 1. The summed E-state index contributed by atoms with van der Waals surface area (Å²) in [6, 6.07) is 5.60. The second-order valence-electron chi connectivity index (χ2n) is 10.6. The predicted molar refractivity (Wildman–Crippen MR) is 139 cm³/mol. The Bertz CT molecular complexity index is 1260. The van der Waals surface area contributed by atoms with E-state index in [-0.39, 0.29) is 36.7 Å². The SMILES string of the molecule is CC1=C(C(=O)NC2CCC(NC(=O)CO)CC2)c2[nH]ccc2C(c2c(OCC3CC3)ccc3c2OCO3)N1. The van der Waals surface area contributed by atoms with Crippen LogP contribution in [0.15, 0.2) is 30.1 Å². The zero-order chi connectivity index (χ0) is 26.2. The van der Waals surface area contributed by atoms with Crippen LogP contribution in [0.1, 0.15) is 68.3 Å². The molecule has 0 bridgehead atoms. The lowest BCUT2D eigenvalue weighted by molar-refractivity contribution is -0.125. The summed E-state index contributed by atoms with van der Waals surface area (Å²) in [4.78, 5) is 28.3. The number of fused-ring (bicyclic) bond motifs is 2. The number of rotatable bonds is 8. The van der Waals surface area contributed by atoms with E-state index in [1.807, 2.05) is 31.3 Å². The first-order valence-electron chi connectivity index (χ1n) is 13.4. The molecule has 0 saturated heterocycles. The van der Waals surface area contributed by atoms with E-state index in [1.165, 1.54) is 12.8 Å². The smallest absolute Gasteiger partial charge is 0.255 e. The number of carbonyl (C=O) groups is 2. The Balaban J connectivity index is 1.22. The maximum atomic E-state index is 13.5. The van der Waals surface area contributed by atoms with Crippen molar-refractivity contribution in [2.24, 2.45) is 5.92 Å². The van der Waals surface area contributed by atoms with Crippen molar-refractivity contribution in [1.82, 2.24) is 20.9 Å². The Morgan fingerprint density at radius 3 is 2.55 bits per heavy atom. The molecule has 2 aliphatic heterocycles. The molecular weight excluding hydrogens is 488 g/mol. The average molecular weight is 523 g/mol. The van der Waals surface area contributed by atoms with Gasteiger partial charge in [0, 0.05) is 29.5 Å². The summed E-state index contributed by atoms with van der Waals surface area (Å²) in [5.41, 5.74) is 3.94. The molecule has 1 unspecified atom stereocenters. The zero-order valence-electron chi connectivity index (χ0n) is 21.5. The summed E-state index contributed by atoms with van der Waals surface area (Å²) in [5.74, 6) is 2.23. The topological polar surface area (TPSA) is 134 Å². The number of hydrogen-bond donors (Lipinski definition) is 5. The number of aromatic nitrogens is 1. The third-order valence-electron chi connectivity index (χ3n) is 7.87. The standard InChI is InChI=1S/C28H34N4O6/c1-15-23(28(35)32-18-6-4-17(5-7-18)31-22(34)12-33)25-19(10-11-29-25)26(30-15)24-20(36-13-16-2-3-16)8-9-21-27(24)38-14-37-21/h8-11,16-18,26,29-30,33H,2-7,12-14H2,1H3,(H,31,34)(H,32,35). The average Bonchev–Trinajstić information content (AvgIpc) is 3.40. The van der Waals surface area contributed by atoms with Gasteiger partial charge in [-0.1, -0.05) is 0 Å². The number of aliphatic hydroxyl groups excluding tert-OH is 1. The highest BCUT2D eigenvalue weighted by Gasteiger charge is 2.37. The third-order valence-corrected chi connectivity index (χ3v) is 7.87. The fourth-order valence-corrected chi connectivity index (χ4v) is 5.68. The molecule has 38 heavy (non-hydrogen) atoms. The van der Waals surface area contributed by atoms with E-state index in [2.05, 4.69) is 20.9 Å². The van der Waals surface area contributed by atoms with Gasteiger partial charge >= 0.3 is 0 Å². The Hall–Kier alpha value is -3.66. The van der Waals surface area contributed by atoms with Crippen molar-refractivity contribution in [3.63, 3.8) is 0 Å². The molecule has 4 aliphatic rings. The molecule has 5 N–H and O–H groups in total. The van der Waals surface area contributed by atoms with E-state index in [0.29, 0.717) is 29.6 Å². The number of H-pyrrole nitrogens is 1. The molecule has 1 atom stereocenters. The fourth-order valence-electron chi connectivity index (χ4n) is 5.68. The number of nitrogens with one attached hydrogen (secondary N) is 4. The molecule has 2 fully saturated rings. The van der Waals surface area contributed by atoms with Crippen LogP contribution in [0.3, 0.4) is 0 Å². The van der Waals surface area contributed by atoms with Crippen LogP contribution >= 0.6 is 0 Å². The van der Waals surface area contributed by atoms with Crippen molar-refractivity contribution in [3.8, 4) is 17.2 Å². The molecule has 6 rings (SSSR count). The maximum absolute atomic E-state index is 13.5. The number of ether oxygens (including phenoxy) is 3. The lowest BCUT2D eigenvalue weighted by Crippen LogP contribution is -2.45. The van der Waals surface area contributed by atoms with Crippen molar-refractivity contribution in [1.29, 1.82) is 0 Å². The molecule has 10 heteroatoms. The first-order chi connectivity index (χ1) is 18.5. The highest BCUT2D eigenvalue weighted by molar-refractivity contribution is 6.20. The van der Waals surface area contributed by atoms with Crippen LogP contribution in [0.5, 0.6) is 17.2 Å². The molecule has 1 aromatic heterocycles. The van der Waals surface area contributed by atoms with Crippen LogP contribution in [-0.2, 0) is 9.59 Å². The minimum atomic E-state index is -0.504. The minimum Gasteiger partial charge on any atom is -0.493 e. The molecule has 3 heterocycles. The summed E-state index contributed by atoms with van der Waals surface area (Å²) in [5, 5.41) is 18.6. The Morgan fingerprint density at radius 2 is 1.82 bits per heavy atom. The van der Waals surface area contributed by atoms with Gasteiger partial charge in [-0.25, -0.2) is 0 Å². The van der Waals surface area contributed by atoms with Gasteiger partial charge in [0.1, 0.15) is 12.4 Å². The van der Waals surface area contributed by atoms with Gasteiger partial charge in [0.15, 0.2) is 11.5 Å². The molecule has 2 saturated carbocycles. The van der Waals surface area contributed by atoms with Gasteiger partial charge in [-0.15, -0.1) is 0 Å². The van der Waals surface area contributed by atoms with Crippen molar-refractivity contribution in [2.45, 2.75) is 63.6 Å². The third kappa shape index (κ3) is 4.80. The van der Waals surface area contributed by atoms with E-state index < -0.39 is 6.61 Å². The lowest BCUT2D eigenvalue weighted by atomic mass is 9.88. The minimum absolute atomic E-state index is 0.0200. The molecule has 10 nitrogen and oxygen atoms in total. The van der Waals surface area contributed by atoms with Gasteiger partial charge in [-0.05, 0) is 69.6 Å². The summed E-state index contributed by atoms with van der Waals surface area (Å²) in [6.07, 6.45) is 7.28. The lowest BCUT2D eigenvalue weighted by Gasteiger charge is -2.32. The Kier molecular flexibility index (Phi) is 6.65. The summed E-state index contributed by atoms with van der Waals surface area (Å²) in [6.45, 7) is 2.25. The van der Waals surface area contributed by atoms with Crippen LogP contribution in [-0.4, -0.2) is 54.0 Å². The van der Waals surface area contributed by atoms with Gasteiger partial charge in [-0.2, -0.15) is 0 Å². The molecule has 2 aliphatic carbocycles. The first-order valence-corrected chi connectivity index (χ1v) is 13.4. The van der Waals surface area contributed by atoms with Gasteiger partial charge in [0.2, 0.25) is 12.7 Å². The monoisotopic (exact) mass is 522 g/mol. The van der Waals surface area contributed by atoms with E-state index in [1.54, 1.807) is 0 Å². The highest BCUT2D eigenvalue weighted by atomic mass is 16.7. The van der Waals surface area contributed by atoms with E-state index in [9.17, 15) is 9.59 Å². The van der Waals surface area contributed by atoms with Crippen molar-refractivity contribution < 1.29 is 28.9 Å². The molecular formula is C28H34N4O6. The number of allylic oxidation sites excluding steroid dienone is 1.